The highest BCUT2D eigenvalue weighted by atomic mass is 16.5. The molecule has 0 aromatic heterocycles. The number of aryl methyl sites for hydroxylation is 1. The van der Waals surface area contributed by atoms with Crippen LogP contribution in [0.4, 0.5) is 0 Å². The highest BCUT2D eigenvalue weighted by molar-refractivity contribution is 5.69. The quantitative estimate of drug-likeness (QED) is 0.838. The smallest absolute Gasteiger partial charge is 0.306 e. The van der Waals surface area contributed by atoms with Gasteiger partial charge in [-0.25, -0.2) is 0 Å². The molecule has 0 heterocycles. The zero-order valence-corrected chi connectivity index (χ0v) is 9.77. The van der Waals surface area contributed by atoms with Crippen LogP contribution in [0.25, 0.3) is 0 Å². The molecule has 0 fully saturated rings. The number of carboxylic acids is 1. The summed E-state index contributed by atoms with van der Waals surface area (Å²) in [6.07, 6.45) is 1.91. The maximum atomic E-state index is 10.8. The summed E-state index contributed by atoms with van der Waals surface area (Å²) in [4.78, 5) is 10.8. The van der Waals surface area contributed by atoms with Gasteiger partial charge in [-0.05, 0) is 42.5 Å². The van der Waals surface area contributed by atoms with E-state index in [9.17, 15) is 9.90 Å². The van der Waals surface area contributed by atoms with E-state index in [0.717, 1.165) is 18.4 Å². The van der Waals surface area contributed by atoms with Crippen LogP contribution in [0, 0.1) is 0 Å². The molecule has 0 amide bonds. The van der Waals surface area contributed by atoms with Crippen molar-refractivity contribution < 1.29 is 19.7 Å². The lowest BCUT2D eigenvalue weighted by atomic mass is 9.77. The fourth-order valence-corrected chi connectivity index (χ4v) is 2.47. The summed E-state index contributed by atoms with van der Waals surface area (Å²) in [5, 5.41) is 19.4. The fraction of sp³-hybridized carbons (Fsp3) is 0.462. The molecular weight excluding hydrogens is 220 g/mol. The third kappa shape index (κ3) is 2.26. The predicted octanol–water partition coefficient (Wildman–Crippen LogP) is 1.69. The van der Waals surface area contributed by atoms with Gasteiger partial charge in [-0.15, -0.1) is 0 Å². The van der Waals surface area contributed by atoms with Crippen molar-refractivity contribution >= 4 is 5.97 Å². The van der Waals surface area contributed by atoms with Crippen LogP contribution in [0.3, 0.4) is 0 Å². The molecule has 1 atom stereocenters. The molecule has 1 aromatic rings. The second-order valence-corrected chi connectivity index (χ2v) is 4.48. The second-order valence-electron chi connectivity index (χ2n) is 4.48. The van der Waals surface area contributed by atoms with Crippen LogP contribution in [-0.4, -0.2) is 23.3 Å². The van der Waals surface area contributed by atoms with Gasteiger partial charge in [-0.2, -0.15) is 0 Å². The molecule has 0 bridgehead atoms. The molecule has 0 saturated heterocycles. The Morgan fingerprint density at radius 2 is 2.29 bits per heavy atom. The molecule has 17 heavy (non-hydrogen) atoms. The van der Waals surface area contributed by atoms with E-state index >= 15 is 0 Å². The van der Waals surface area contributed by atoms with Crippen LogP contribution in [0.5, 0.6) is 5.75 Å². The molecule has 4 nitrogen and oxygen atoms in total. The second kappa shape index (κ2) is 4.37. The summed E-state index contributed by atoms with van der Waals surface area (Å²) in [5.41, 5.74) is 0.458. The van der Waals surface area contributed by atoms with Crippen molar-refractivity contribution in [2.24, 2.45) is 0 Å². The van der Waals surface area contributed by atoms with Crippen molar-refractivity contribution in [3.05, 3.63) is 29.3 Å². The molecule has 0 radical (unpaired) electrons. The number of hydrogen-bond acceptors (Lipinski definition) is 3. The highest BCUT2D eigenvalue weighted by Crippen LogP contribution is 2.39. The summed E-state index contributed by atoms with van der Waals surface area (Å²) in [6, 6.07) is 5.49. The molecule has 0 saturated carbocycles. The molecular formula is C13H16O4. The van der Waals surface area contributed by atoms with Crippen molar-refractivity contribution in [3.63, 3.8) is 0 Å². The monoisotopic (exact) mass is 236 g/mol. The molecule has 4 heteroatoms. The summed E-state index contributed by atoms with van der Waals surface area (Å²) >= 11 is 0. The Bertz CT molecular complexity index is 441. The third-order valence-electron chi connectivity index (χ3n) is 3.30. The van der Waals surface area contributed by atoms with Crippen molar-refractivity contribution in [1.29, 1.82) is 0 Å². The summed E-state index contributed by atoms with van der Waals surface area (Å²) in [7, 11) is 1.56. The molecule has 0 spiro atoms. The van der Waals surface area contributed by atoms with E-state index in [1.54, 1.807) is 13.2 Å². The molecule has 1 aliphatic rings. The van der Waals surface area contributed by atoms with E-state index in [-0.39, 0.29) is 6.42 Å². The Kier molecular flexibility index (Phi) is 3.07. The fourth-order valence-electron chi connectivity index (χ4n) is 2.47. The number of ether oxygens (including phenoxy) is 1. The number of fused-ring (bicyclic) bond motifs is 1. The summed E-state index contributed by atoms with van der Waals surface area (Å²) in [5.74, 6) is -0.336. The minimum absolute atomic E-state index is 0.257. The highest BCUT2D eigenvalue weighted by Gasteiger charge is 2.36. The zero-order chi connectivity index (χ0) is 12.5. The first-order chi connectivity index (χ1) is 8.05. The van der Waals surface area contributed by atoms with E-state index in [2.05, 4.69) is 0 Å². The zero-order valence-electron chi connectivity index (χ0n) is 9.77. The largest absolute Gasteiger partial charge is 0.497 e. The summed E-state index contributed by atoms with van der Waals surface area (Å²) in [6.45, 7) is 0. The Morgan fingerprint density at radius 3 is 2.94 bits per heavy atom. The van der Waals surface area contributed by atoms with Crippen LogP contribution < -0.4 is 4.74 Å². The average molecular weight is 236 g/mol. The van der Waals surface area contributed by atoms with Gasteiger partial charge in [0.15, 0.2) is 0 Å². The number of aliphatic hydroxyl groups is 1. The van der Waals surface area contributed by atoms with E-state index in [0.29, 0.717) is 17.7 Å². The van der Waals surface area contributed by atoms with Gasteiger partial charge >= 0.3 is 5.97 Å². The van der Waals surface area contributed by atoms with Crippen LogP contribution in [0.2, 0.25) is 0 Å². The molecule has 92 valence electrons. The number of carboxylic acid groups (broad SMARTS) is 1. The Balaban J connectivity index is 2.44. The van der Waals surface area contributed by atoms with Gasteiger partial charge in [-0.1, -0.05) is 6.07 Å². The molecule has 2 N–H and O–H groups in total. The SMILES string of the molecule is COc1ccc2c(c1)C(O)(CC(=O)O)CCC2. The lowest BCUT2D eigenvalue weighted by Crippen LogP contribution is -2.33. The number of methoxy groups -OCH3 is 1. The van der Waals surface area contributed by atoms with Crippen molar-refractivity contribution in [2.75, 3.05) is 7.11 Å². The van der Waals surface area contributed by atoms with E-state index in [1.165, 1.54) is 0 Å². The molecule has 1 aliphatic carbocycles. The first kappa shape index (κ1) is 11.9. The van der Waals surface area contributed by atoms with Crippen LogP contribution in [0.1, 0.15) is 30.4 Å². The average Bonchev–Trinajstić information content (AvgIpc) is 2.28. The predicted molar refractivity (Wildman–Crippen MR) is 62.1 cm³/mol. The lowest BCUT2D eigenvalue weighted by molar-refractivity contribution is -0.143. The number of aliphatic carboxylic acids is 1. The normalized spacial score (nSPS) is 22.9. The standard InChI is InChI=1S/C13H16O4/c1-17-10-5-4-9-3-2-6-13(16,8-12(14)15)11(9)7-10/h4-5,7,16H,2-3,6,8H2,1H3,(H,14,15). The maximum Gasteiger partial charge on any atom is 0.306 e. The molecule has 1 aromatic carbocycles. The third-order valence-corrected chi connectivity index (χ3v) is 3.30. The van der Waals surface area contributed by atoms with E-state index in [1.807, 2.05) is 12.1 Å². The summed E-state index contributed by atoms with van der Waals surface area (Å²) < 4.78 is 5.12. The van der Waals surface area contributed by atoms with Gasteiger partial charge in [0.25, 0.3) is 0 Å². The number of hydrogen-bond donors (Lipinski definition) is 2. The Hall–Kier alpha value is -1.55. The van der Waals surface area contributed by atoms with E-state index < -0.39 is 11.6 Å². The van der Waals surface area contributed by atoms with Crippen molar-refractivity contribution in [1.82, 2.24) is 0 Å². The first-order valence-corrected chi connectivity index (χ1v) is 5.67. The topological polar surface area (TPSA) is 66.8 Å². The molecule has 2 rings (SSSR count). The number of benzene rings is 1. The number of carbonyl (C=O) groups is 1. The van der Waals surface area contributed by atoms with Gasteiger partial charge < -0.3 is 14.9 Å². The van der Waals surface area contributed by atoms with E-state index in [4.69, 9.17) is 9.84 Å². The van der Waals surface area contributed by atoms with Gasteiger partial charge in [-0.3, -0.25) is 4.79 Å². The molecule has 0 aliphatic heterocycles. The van der Waals surface area contributed by atoms with Gasteiger partial charge in [0.05, 0.1) is 13.5 Å². The van der Waals surface area contributed by atoms with Gasteiger partial charge in [0, 0.05) is 0 Å². The van der Waals surface area contributed by atoms with Crippen LogP contribution >= 0.6 is 0 Å². The molecule has 1 unspecified atom stereocenters. The van der Waals surface area contributed by atoms with Crippen LogP contribution in [0.15, 0.2) is 18.2 Å². The lowest BCUT2D eigenvalue weighted by Gasteiger charge is -2.33. The van der Waals surface area contributed by atoms with Crippen LogP contribution in [-0.2, 0) is 16.8 Å². The van der Waals surface area contributed by atoms with Gasteiger partial charge in [0.2, 0.25) is 0 Å². The minimum atomic E-state index is -1.26. The van der Waals surface area contributed by atoms with Gasteiger partial charge in [0.1, 0.15) is 11.4 Å². The van der Waals surface area contributed by atoms with Crippen molar-refractivity contribution in [3.8, 4) is 5.75 Å². The Morgan fingerprint density at radius 1 is 1.53 bits per heavy atom. The first-order valence-electron chi connectivity index (χ1n) is 5.67. The van der Waals surface area contributed by atoms with Crippen molar-refractivity contribution in [2.45, 2.75) is 31.3 Å². The maximum absolute atomic E-state index is 10.8. The number of rotatable bonds is 3. The Labute approximate surface area is 99.8 Å². The minimum Gasteiger partial charge on any atom is -0.497 e.